The molecule has 0 aliphatic heterocycles. The molecule has 0 aliphatic carbocycles. The number of carbonyl (C=O) groups is 1. The van der Waals surface area contributed by atoms with Crippen LogP contribution in [0, 0.1) is 0 Å². The van der Waals surface area contributed by atoms with Gasteiger partial charge in [-0.25, -0.2) is 0 Å². The summed E-state index contributed by atoms with van der Waals surface area (Å²) in [6, 6.07) is 5.98. The van der Waals surface area contributed by atoms with Crippen LogP contribution in [0.2, 0.25) is 0 Å². The van der Waals surface area contributed by atoms with Gasteiger partial charge in [-0.2, -0.15) is 0 Å². The molecule has 5 nitrogen and oxygen atoms in total. The molecule has 1 rings (SSSR count). The van der Waals surface area contributed by atoms with Crippen molar-refractivity contribution in [3.8, 4) is 5.75 Å². The SMILES string of the molecule is CN(C)CCNC(C(N)=O)c1cccc(O)c1. The number of phenols is 1. The van der Waals surface area contributed by atoms with Crippen LogP contribution in [-0.4, -0.2) is 43.1 Å². The van der Waals surface area contributed by atoms with Crippen molar-refractivity contribution in [3.05, 3.63) is 29.8 Å². The lowest BCUT2D eigenvalue weighted by Crippen LogP contribution is -2.37. The number of likely N-dealkylation sites (N-methyl/N-ethyl adjacent to an activating group) is 1. The van der Waals surface area contributed by atoms with Crippen LogP contribution in [0.15, 0.2) is 24.3 Å². The Bertz CT molecular complexity index is 380. The Balaban J connectivity index is 2.69. The first-order chi connectivity index (χ1) is 8.00. The summed E-state index contributed by atoms with van der Waals surface area (Å²) < 4.78 is 0. The van der Waals surface area contributed by atoms with Crippen LogP contribution >= 0.6 is 0 Å². The third kappa shape index (κ3) is 4.42. The minimum atomic E-state index is -0.568. The second-order valence-corrected chi connectivity index (χ2v) is 4.19. The maximum absolute atomic E-state index is 11.4. The number of amides is 1. The van der Waals surface area contributed by atoms with E-state index in [0.29, 0.717) is 12.1 Å². The van der Waals surface area contributed by atoms with Gasteiger partial charge >= 0.3 is 0 Å². The minimum Gasteiger partial charge on any atom is -0.508 e. The standard InChI is InChI=1S/C12H19N3O2/c1-15(2)7-6-14-11(12(13)17)9-4-3-5-10(16)8-9/h3-5,8,11,14,16H,6-7H2,1-2H3,(H2,13,17). The predicted octanol–water partition coefficient (Wildman–Crippen LogP) is 0.0698. The second kappa shape index (κ2) is 6.22. The first kappa shape index (κ1) is 13.5. The van der Waals surface area contributed by atoms with E-state index >= 15 is 0 Å². The molecule has 0 aromatic heterocycles. The number of phenolic OH excluding ortho intramolecular Hbond substituents is 1. The van der Waals surface area contributed by atoms with Gasteiger partial charge in [0.05, 0.1) is 0 Å². The number of nitrogens with one attached hydrogen (secondary N) is 1. The molecule has 0 saturated heterocycles. The topological polar surface area (TPSA) is 78.6 Å². The van der Waals surface area contributed by atoms with E-state index in [1.54, 1.807) is 18.2 Å². The largest absolute Gasteiger partial charge is 0.508 e. The van der Waals surface area contributed by atoms with Gasteiger partial charge in [0.1, 0.15) is 11.8 Å². The fourth-order valence-electron chi connectivity index (χ4n) is 1.52. The molecule has 94 valence electrons. The summed E-state index contributed by atoms with van der Waals surface area (Å²) in [5.74, 6) is -0.322. The molecule has 0 fully saturated rings. The Morgan fingerprint density at radius 1 is 1.53 bits per heavy atom. The number of carbonyl (C=O) groups excluding carboxylic acids is 1. The van der Waals surface area contributed by atoms with Crippen molar-refractivity contribution in [1.29, 1.82) is 0 Å². The zero-order chi connectivity index (χ0) is 12.8. The van der Waals surface area contributed by atoms with Gasteiger partial charge in [0.15, 0.2) is 0 Å². The van der Waals surface area contributed by atoms with Crippen LogP contribution < -0.4 is 11.1 Å². The lowest BCUT2D eigenvalue weighted by molar-refractivity contribution is -0.120. The highest BCUT2D eigenvalue weighted by Gasteiger charge is 2.17. The number of rotatable bonds is 6. The predicted molar refractivity (Wildman–Crippen MR) is 66.6 cm³/mol. The molecule has 4 N–H and O–H groups in total. The van der Waals surface area contributed by atoms with Crippen molar-refractivity contribution < 1.29 is 9.90 Å². The van der Waals surface area contributed by atoms with E-state index < -0.39 is 11.9 Å². The van der Waals surface area contributed by atoms with Crippen LogP contribution in [-0.2, 0) is 4.79 Å². The van der Waals surface area contributed by atoms with E-state index in [-0.39, 0.29) is 5.75 Å². The van der Waals surface area contributed by atoms with Crippen molar-refractivity contribution in [2.45, 2.75) is 6.04 Å². The number of hydrogen-bond acceptors (Lipinski definition) is 4. The van der Waals surface area contributed by atoms with Gasteiger partial charge in [-0.1, -0.05) is 12.1 Å². The molecule has 1 atom stereocenters. The Morgan fingerprint density at radius 3 is 2.76 bits per heavy atom. The molecule has 0 heterocycles. The molecule has 17 heavy (non-hydrogen) atoms. The average molecular weight is 237 g/mol. The van der Waals surface area contributed by atoms with Gasteiger partial charge in [-0.05, 0) is 31.8 Å². The van der Waals surface area contributed by atoms with Gasteiger partial charge in [-0.3, -0.25) is 4.79 Å². The molecule has 1 amide bonds. The van der Waals surface area contributed by atoms with Crippen LogP contribution in [0.4, 0.5) is 0 Å². The van der Waals surface area contributed by atoms with Crippen LogP contribution in [0.3, 0.4) is 0 Å². The normalized spacial score (nSPS) is 12.6. The molecule has 1 aromatic carbocycles. The molecular weight excluding hydrogens is 218 g/mol. The molecule has 0 spiro atoms. The van der Waals surface area contributed by atoms with Crippen molar-refractivity contribution in [1.82, 2.24) is 10.2 Å². The first-order valence-corrected chi connectivity index (χ1v) is 5.47. The number of hydrogen-bond donors (Lipinski definition) is 3. The van der Waals surface area contributed by atoms with Crippen molar-refractivity contribution in [2.24, 2.45) is 5.73 Å². The van der Waals surface area contributed by atoms with E-state index in [4.69, 9.17) is 5.73 Å². The Kier molecular flexibility index (Phi) is 4.93. The number of nitrogens with zero attached hydrogens (tertiary/aromatic N) is 1. The van der Waals surface area contributed by atoms with Crippen LogP contribution in [0.25, 0.3) is 0 Å². The zero-order valence-electron chi connectivity index (χ0n) is 10.2. The smallest absolute Gasteiger partial charge is 0.239 e. The summed E-state index contributed by atoms with van der Waals surface area (Å²) in [5, 5.41) is 12.4. The fraction of sp³-hybridized carbons (Fsp3) is 0.417. The summed E-state index contributed by atoms with van der Waals surface area (Å²) in [6.45, 7) is 1.46. The number of nitrogens with two attached hydrogens (primary N) is 1. The van der Waals surface area contributed by atoms with E-state index in [1.165, 1.54) is 6.07 Å². The number of aromatic hydroxyl groups is 1. The summed E-state index contributed by atoms with van der Waals surface area (Å²) >= 11 is 0. The summed E-state index contributed by atoms with van der Waals surface area (Å²) in [5.41, 5.74) is 6.02. The molecule has 1 aromatic rings. The Morgan fingerprint density at radius 2 is 2.24 bits per heavy atom. The maximum Gasteiger partial charge on any atom is 0.239 e. The van der Waals surface area contributed by atoms with E-state index in [0.717, 1.165) is 6.54 Å². The van der Waals surface area contributed by atoms with Gasteiger partial charge in [-0.15, -0.1) is 0 Å². The zero-order valence-corrected chi connectivity index (χ0v) is 10.2. The maximum atomic E-state index is 11.4. The second-order valence-electron chi connectivity index (χ2n) is 4.19. The molecule has 5 heteroatoms. The number of benzene rings is 1. The van der Waals surface area contributed by atoms with Crippen molar-refractivity contribution in [2.75, 3.05) is 27.2 Å². The van der Waals surface area contributed by atoms with Gasteiger partial charge in [0, 0.05) is 13.1 Å². The quantitative estimate of drug-likeness (QED) is 0.654. The van der Waals surface area contributed by atoms with E-state index in [1.807, 2.05) is 19.0 Å². The minimum absolute atomic E-state index is 0.128. The van der Waals surface area contributed by atoms with Gasteiger partial charge in [0.25, 0.3) is 0 Å². The first-order valence-electron chi connectivity index (χ1n) is 5.47. The lowest BCUT2D eigenvalue weighted by atomic mass is 10.1. The highest BCUT2D eigenvalue weighted by atomic mass is 16.3. The molecule has 0 saturated carbocycles. The van der Waals surface area contributed by atoms with Gasteiger partial charge < -0.3 is 21.1 Å². The summed E-state index contributed by atoms with van der Waals surface area (Å²) in [6.07, 6.45) is 0. The van der Waals surface area contributed by atoms with Crippen molar-refractivity contribution >= 4 is 5.91 Å². The highest BCUT2D eigenvalue weighted by Crippen LogP contribution is 2.17. The highest BCUT2D eigenvalue weighted by molar-refractivity contribution is 5.81. The third-order valence-corrected chi connectivity index (χ3v) is 2.40. The van der Waals surface area contributed by atoms with Crippen LogP contribution in [0.5, 0.6) is 5.75 Å². The molecule has 0 bridgehead atoms. The molecule has 0 aliphatic rings. The molecular formula is C12H19N3O2. The summed E-state index contributed by atoms with van der Waals surface area (Å²) in [4.78, 5) is 13.4. The summed E-state index contributed by atoms with van der Waals surface area (Å²) in [7, 11) is 3.91. The molecule has 1 unspecified atom stereocenters. The third-order valence-electron chi connectivity index (χ3n) is 2.40. The van der Waals surface area contributed by atoms with Gasteiger partial charge in [0.2, 0.25) is 5.91 Å². The average Bonchev–Trinajstić information content (AvgIpc) is 2.23. The number of primary amides is 1. The van der Waals surface area contributed by atoms with E-state index in [2.05, 4.69) is 5.32 Å². The lowest BCUT2D eigenvalue weighted by Gasteiger charge is -2.17. The van der Waals surface area contributed by atoms with E-state index in [9.17, 15) is 9.90 Å². The Labute approximate surface area is 101 Å². The Hall–Kier alpha value is -1.59. The van der Waals surface area contributed by atoms with Crippen molar-refractivity contribution in [3.63, 3.8) is 0 Å². The fourth-order valence-corrected chi connectivity index (χ4v) is 1.52. The monoisotopic (exact) mass is 237 g/mol. The molecule has 0 radical (unpaired) electrons. The van der Waals surface area contributed by atoms with Crippen LogP contribution in [0.1, 0.15) is 11.6 Å².